The Bertz CT molecular complexity index is 499. The number of benzene rings is 1. The maximum Gasteiger partial charge on any atom is 0.252 e. The molecule has 2 rings (SSSR count). The summed E-state index contributed by atoms with van der Waals surface area (Å²) < 4.78 is 13.5. The Morgan fingerprint density at radius 2 is 2.15 bits per heavy atom. The molecule has 1 amide bonds. The summed E-state index contributed by atoms with van der Waals surface area (Å²) in [5, 5.41) is 13.1. The molecule has 0 spiro atoms. The topological polar surface area (TPSA) is 49.3 Å². The largest absolute Gasteiger partial charge is 0.388 e. The third-order valence-electron chi connectivity index (χ3n) is 3.98. The fraction of sp³-hybridized carbons (Fsp3) is 0.533. The summed E-state index contributed by atoms with van der Waals surface area (Å²) >= 11 is 3.07. The van der Waals surface area contributed by atoms with Crippen molar-refractivity contribution in [2.24, 2.45) is 5.92 Å². The van der Waals surface area contributed by atoms with Gasteiger partial charge < -0.3 is 10.4 Å². The molecule has 2 N–H and O–H groups in total. The van der Waals surface area contributed by atoms with Crippen LogP contribution in [0.1, 0.15) is 43.0 Å². The molecule has 20 heavy (non-hydrogen) atoms. The monoisotopic (exact) mass is 343 g/mol. The van der Waals surface area contributed by atoms with E-state index in [0.29, 0.717) is 18.8 Å². The van der Waals surface area contributed by atoms with Crippen LogP contribution in [-0.4, -0.2) is 23.2 Å². The fourth-order valence-corrected chi connectivity index (χ4v) is 2.94. The Hall–Kier alpha value is -0.940. The number of hydrogen-bond donors (Lipinski definition) is 2. The van der Waals surface area contributed by atoms with Crippen LogP contribution in [0.3, 0.4) is 0 Å². The van der Waals surface area contributed by atoms with E-state index in [0.717, 1.165) is 12.8 Å². The second-order valence-electron chi connectivity index (χ2n) is 5.69. The molecule has 1 fully saturated rings. The van der Waals surface area contributed by atoms with Gasteiger partial charge >= 0.3 is 0 Å². The third kappa shape index (κ3) is 3.58. The first-order valence-corrected chi connectivity index (χ1v) is 7.65. The summed E-state index contributed by atoms with van der Waals surface area (Å²) in [6, 6.07) is 4.33. The van der Waals surface area contributed by atoms with Gasteiger partial charge in [0.15, 0.2) is 0 Å². The molecule has 1 aliphatic carbocycles. The van der Waals surface area contributed by atoms with E-state index < -0.39 is 11.4 Å². The van der Waals surface area contributed by atoms with E-state index in [9.17, 15) is 14.3 Å². The van der Waals surface area contributed by atoms with Crippen LogP contribution < -0.4 is 5.32 Å². The van der Waals surface area contributed by atoms with Gasteiger partial charge in [-0.15, -0.1) is 0 Å². The summed E-state index contributed by atoms with van der Waals surface area (Å²) in [5.74, 6) is -0.213. The zero-order valence-corrected chi connectivity index (χ0v) is 13.0. The molecule has 0 aromatic heterocycles. The maximum atomic E-state index is 13.4. The van der Waals surface area contributed by atoms with Crippen LogP contribution in [0.15, 0.2) is 22.7 Å². The minimum atomic E-state index is -0.831. The summed E-state index contributed by atoms with van der Waals surface area (Å²) in [4.78, 5) is 12.0. The van der Waals surface area contributed by atoms with Crippen molar-refractivity contribution in [1.29, 1.82) is 0 Å². The van der Waals surface area contributed by atoms with Crippen molar-refractivity contribution in [1.82, 2.24) is 5.32 Å². The van der Waals surface area contributed by atoms with Gasteiger partial charge in [-0.3, -0.25) is 4.79 Å². The van der Waals surface area contributed by atoms with E-state index in [2.05, 4.69) is 28.2 Å². The van der Waals surface area contributed by atoms with Gasteiger partial charge in [-0.1, -0.05) is 13.0 Å². The second kappa shape index (κ2) is 6.22. The molecule has 1 aromatic rings. The average molecular weight is 344 g/mol. The van der Waals surface area contributed by atoms with Gasteiger partial charge in [-0.25, -0.2) is 4.39 Å². The zero-order chi connectivity index (χ0) is 14.8. The van der Waals surface area contributed by atoms with Crippen molar-refractivity contribution >= 4 is 21.8 Å². The zero-order valence-electron chi connectivity index (χ0n) is 11.5. The Morgan fingerprint density at radius 3 is 2.80 bits per heavy atom. The molecule has 0 bridgehead atoms. The van der Waals surface area contributed by atoms with E-state index in [4.69, 9.17) is 0 Å². The summed E-state index contributed by atoms with van der Waals surface area (Å²) in [5.41, 5.74) is -0.583. The van der Waals surface area contributed by atoms with Crippen molar-refractivity contribution < 1.29 is 14.3 Å². The van der Waals surface area contributed by atoms with Crippen LogP contribution in [0, 0.1) is 11.7 Å². The van der Waals surface area contributed by atoms with Crippen LogP contribution in [0.5, 0.6) is 0 Å². The molecule has 0 unspecified atom stereocenters. The van der Waals surface area contributed by atoms with Gasteiger partial charge in [0, 0.05) is 6.54 Å². The van der Waals surface area contributed by atoms with Crippen molar-refractivity contribution in [3.05, 3.63) is 34.1 Å². The molecule has 3 nitrogen and oxygen atoms in total. The minimum Gasteiger partial charge on any atom is -0.388 e. The number of aliphatic hydroxyl groups is 1. The number of amides is 1. The average Bonchev–Trinajstić information content (AvgIpc) is 2.43. The summed E-state index contributed by atoms with van der Waals surface area (Å²) in [6.07, 6.45) is 3.32. The fourth-order valence-electron chi connectivity index (χ4n) is 2.50. The Kier molecular flexibility index (Phi) is 4.81. The van der Waals surface area contributed by atoms with Crippen molar-refractivity contribution in [3.63, 3.8) is 0 Å². The normalized spacial score (nSPS) is 26.3. The first kappa shape index (κ1) is 15.4. The number of nitrogens with one attached hydrogen (secondary N) is 1. The van der Waals surface area contributed by atoms with Crippen molar-refractivity contribution in [2.75, 3.05) is 6.54 Å². The predicted molar refractivity (Wildman–Crippen MR) is 79.0 cm³/mol. The van der Waals surface area contributed by atoms with Crippen LogP contribution in [0.4, 0.5) is 4.39 Å². The standard InChI is InChI=1S/C15H19BrFNO2/c1-10-5-7-15(20,8-6-10)9-18-14(19)11-3-2-4-12(17)13(11)16/h2-4,10,20H,5-9H2,1H3,(H,18,19). The molecule has 0 atom stereocenters. The van der Waals surface area contributed by atoms with E-state index in [1.807, 2.05) is 0 Å². The third-order valence-corrected chi connectivity index (χ3v) is 4.79. The van der Waals surface area contributed by atoms with Gasteiger partial charge in [-0.05, 0) is 59.7 Å². The molecule has 1 aromatic carbocycles. The minimum absolute atomic E-state index is 0.154. The Morgan fingerprint density at radius 1 is 1.50 bits per heavy atom. The van der Waals surface area contributed by atoms with E-state index in [1.54, 1.807) is 6.07 Å². The molecule has 1 saturated carbocycles. The Labute approximate surface area is 126 Å². The number of carbonyl (C=O) groups is 1. The predicted octanol–water partition coefficient (Wildman–Crippen LogP) is 3.26. The van der Waals surface area contributed by atoms with E-state index >= 15 is 0 Å². The number of hydrogen-bond acceptors (Lipinski definition) is 2. The van der Waals surface area contributed by atoms with Crippen LogP contribution >= 0.6 is 15.9 Å². The van der Waals surface area contributed by atoms with Gasteiger partial charge in [0.2, 0.25) is 0 Å². The highest BCUT2D eigenvalue weighted by Gasteiger charge is 2.32. The number of rotatable bonds is 3. The van der Waals surface area contributed by atoms with Crippen LogP contribution in [0.25, 0.3) is 0 Å². The lowest BCUT2D eigenvalue weighted by molar-refractivity contribution is -0.00540. The second-order valence-corrected chi connectivity index (χ2v) is 6.48. The van der Waals surface area contributed by atoms with Crippen LogP contribution in [0.2, 0.25) is 0 Å². The molecule has 0 heterocycles. The number of halogens is 2. The lowest BCUT2D eigenvalue weighted by Gasteiger charge is -2.35. The van der Waals surface area contributed by atoms with Crippen molar-refractivity contribution in [3.8, 4) is 0 Å². The SMILES string of the molecule is CC1CCC(O)(CNC(=O)c2cccc(F)c2Br)CC1. The van der Waals surface area contributed by atoms with Crippen molar-refractivity contribution in [2.45, 2.75) is 38.2 Å². The number of carbonyl (C=O) groups excluding carboxylic acids is 1. The molecule has 0 radical (unpaired) electrons. The maximum absolute atomic E-state index is 13.4. The highest BCUT2D eigenvalue weighted by atomic mass is 79.9. The summed E-state index contributed by atoms with van der Waals surface area (Å²) in [7, 11) is 0. The smallest absolute Gasteiger partial charge is 0.252 e. The van der Waals surface area contributed by atoms with E-state index in [-0.39, 0.29) is 22.5 Å². The summed E-state index contributed by atoms with van der Waals surface area (Å²) in [6.45, 7) is 2.38. The first-order chi connectivity index (χ1) is 9.41. The van der Waals surface area contributed by atoms with Gasteiger partial charge in [0.25, 0.3) is 5.91 Å². The molecule has 5 heteroatoms. The molecule has 0 aliphatic heterocycles. The lowest BCUT2D eigenvalue weighted by atomic mass is 9.79. The molecular weight excluding hydrogens is 325 g/mol. The van der Waals surface area contributed by atoms with E-state index in [1.165, 1.54) is 12.1 Å². The first-order valence-electron chi connectivity index (χ1n) is 6.86. The highest BCUT2D eigenvalue weighted by molar-refractivity contribution is 9.10. The quantitative estimate of drug-likeness (QED) is 0.884. The molecule has 110 valence electrons. The Balaban J connectivity index is 1.97. The highest BCUT2D eigenvalue weighted by Crippen LogP contribution is 2.31. The van der Waals surface area contributed by atoms with Crippen LogP contribution in [-0.2, 0) is 0 Å². The molecule has 1 aliphatic rings. The lowest BCUT2D eigenvalue weighted by Crippen LogP contribution is -2.45. The molecule has 0 saturated heterocycles. The van der Waals surface area contributed by atoms with Gasteiger partial charge in [0.1, 0.15) is 5.82 Å². The van der Waals surface area contributed by atoms with Gasteiger partial charge in [-0.2, -0.15) is 0 Å². The molecular formula is C15H19BrFNO2. The van der Waals surface area contributed by atoms with Gasteiger partial charge in [0.05, 0.1) is 15.6 Å².